The first-order valence-electron chi connectivity index (χ1n) is 12.4. The molecule has 0 radical (unpaired) electrons. The van der Waals surface area contributed by atoms with Crippen molar-refractivity contribution in [3.63, 3.8) is 0 Å². The number of nitrogens with zero attached hydrogens (tertiary/aromatic N) is 1. The van der Waals surface area contributed by atoms with Gasteiger partial charge in [-0.05, 0) is 60.0 Å². The molecule has 6 nitrogen and oxygen atoms in total. The summed E-state index contributed by atoms with van der Waals surface area (Å²) >= 11 is 3.45. The summed E-state index contributed by atoms with van der Waals surface area (Å²) in [6.45, 7) is 3.08. The van der Waals surface area contributed by atoms with Crippen LogP contribution >= 0.6 is 15.9 Å². The molecule has 37 heavy (non-hydrogen) atoms. The molecule has 190 valence electrons. The molecular weight excluding hydrogens is 534 g/mol. The number of unbranched alkanes of at least 4 members (excludes halogenated alkanes) is 2. The fourth-order valence-corrected chi connectivity index (χ4v) is 5.11. The summed E-state index contributed by atoms with van der Waals surface area (Å²) in [7, 11) is 1.61. The van der Waals surface area contributed by atoms with Gasteiger partial charge in [0.25, 0.3) is 5.91 Å². The molecule has 0 fully saturated rings. The number of carbonyl (C=O) groups excluding carboxylic acids is 1. The Morgan fingerprint density at radius 1 is 0.973 bits per heavy atom. The molecule has 1 unspecified atom stereocenters. The van der Waals surface area contributed by atoms with E-state index >= 15 is 0 Å². The molecule has 3 aromatic carbocycles. The summed E-state index contributed by atoms with van der Waals surface area (Å²) < 4.78 is 18.1. The lowest BCUT2D eigenvalue weighted by Gasteiger charge is -2.25. The fourth-order valence-electron chi connectivity index (χ4n) is 4.75. The van der Waals surface area contributed by atoms with Crippen molar-refractivity contribution in [2.75, 3.05) is 13.7 Å². The van der Waals surface area contributed by atoms with E-state index in [0.717, 1.165) is 40.6 Å². The first-order chi connectivity index (χ1) is 18.0. The van der Waals surface area contributed by atoms with E-state index < -0.39 is 6.04 Å². The standard InChI is InChI=1S/C30H28BrNO5/c1-3-4-5-15-36-23-8-6-7-20(16-23)27-26-28(33)24-17-21(31)11-14-25(24)37-29(26)30(34)32(27)18-19-9-12-22(35-2)13-10-19/h6-14,16-17,27H,3-5,15,18H2,1-2H3. The molecule has 4 aromatic rings. The van der Waals surface area contributed by atoms with E-state index in [2.05, 4.69) is 22.9 Å². The fraction of sp³-hybridized carbons (Fsp3) is 0.267. The van der Waals surface area contributed by atoms with Gasteiger partial charge in [-0.2, -0.15) is 0 Å². The number of hydrogen-bond donors (Lipinski definition) is 0. The summed E-state index contributed by atoms with van der Waals surface area (Å²) in [6.07, 6.45) is 3.19. The van der Waals surface area contributed by atoms with Crippen molar-refractivity contribution in [1.29, 1.82) is 0 Å². The van der Waals surface area contributed by atoms with E-state index in [-0.39, 0.29) is 17.1 Å². The van der Waals surface area contributed by atoms with Gasteiger partial charge in [-0.25, -0.2) is 0 Å². The third-order valence-electron chi connectivity index (χ3n) is 6.63. The monoisotopic (exact) mass is 561 g/mol. The molecule has 1 aliphatic heterocycles. The van der Waals surface area contributed by atoms with Crippen molar-refractivity contribution in [3.8, 4) is 11.5 Å². The Labute approximate surface area is 223 Å². The van der Waals surface area contributed by atoms with Crippen LogP contribution in [0.3, 0.4) is 0 Å². The number of hydrogen-bond acceptors (Lipinski definition) is 5. The van der Waals surface area contributed by atoms with Gasteiger partial charge in [-0.15, -0.1) is 0 Å². The van der Waals surface area contributed by atoms with Gasteiger partial charge in [0.1, 0.15) is 17.1 Å². The van der Waals surface area contributed by atoms with Crippen LogP contribution in [-0.2, 0) is 6.54 Å². The number of benzene rings is 3. The molecular formula is C30H28BrNO5. The molecule has 0 aliphatic carbocycles. The smallest absolute Gasteiger partial charge is 0.291 e. The van der Waals surface area contributed by atoms with Crippen LogP contribution in [0.5, 0.6) is 11.5 Å². The Morgan fingerprint density at radius 3 is 2.54 bits per heavy atom. The van der Waals surface area contributed by atoms with Gasteiger partial charge >= 0.3 is 0 Å². The van der Waals surface area contributed by atoms with E-state index in [9.17, 15) is 9.59 Å². The van der Waals surface area contributed by atoms with Crippen LogP contribution in [0.1, 0.15) is 59.5 Å². The largest absolute Gasteiger partial charge is 0.497 e. The minimum Gasteiger partial charge on any atom is -0.497 e. The first-order valence-corrected chi connectivity index (χ1v) is 13.2. The van der Waals surface area contributed by atoms with Crippen LogP contribution in [0.25, 0.3) is 11.0 Å². The van der Waals surface area contributed by atoms with E-state index in [1.165, 1.54) is 0 Å². The van der Waals surface area contributed by atoms with Gasteiger partial charge < -0.3 is 18.8 Å². The van der Waals surface area contributed by atoms with Crippen molar-refractivity contribution < 1.29 is 18.7 Å². The maximum Gasteiger partial charge on any atom is 0.291 e. The Bertz CT molecular complexity index is 1490. The van der Waals surface area contributed by atoms with E-state index in [0.29, 0.717) is 35.4 Å². The molecule has 1 atom stereocenters. The molecule has 7 heteroatoms. The molecule has 1 aliphatic rings. The predicted octanol–water partition coefficient (Wildman–Crippen LogP) is 6.88. The summed E-state index contributed by atoms with van der Waals surface area (Å²) in [5, 5.41) is 0.434. The van der Waals surface area contributed by atoms with Gasteiger partial charge in [0.15, 0.2) is 5.43 Å². The predicted molar refractivity (Wildman–Crippen MR) is 146 cm³/mol. The Hall–Kier alpha value is -3.58. The molecule has 0 spiro atoms. The number of methoxy groups -OCH3 is 1. The molecule has 2 heterocycles. The van der Waals surface area contributed by atoms with Crippen LogP contribution in [0.2, 0.25) is 0 Å². The van der Waals surface area contributed by atoms with Gasteiger partial charge in [0, 0.05) is 11.0 Å². The zero-order valence-electron chi connectivity index (χ0n) is 20.8. The van der Waals surface area contributed by atoms with Gasteiger partial charge in [-0.3, -0.25) is 9.59 Å². The maximum atomic E-state index is 13.8. The molecule has 0 N–H and O–H groups in total. The van der Waals surface area contributed by atoms with Crippen molar-refractivity contribution in [1.82, 2.24) is 4.90 Å². The SMILES string of the molecule is CCCCCOc1cccc(C2c3c(oc4ccc(Br)cc4c3=O)C(=O)N2Cc2ccc(OC)cc2)c1. The average Bonchev–Trinajstić information content (AvgIpc) is 3.19. The normalized spacial score (nSPS) is 14.7. The topological polar surface area (TPSA) is 69.0 Å². The zero-order chi connectivity index (χ0) is 25.9. The van der Waals surface area contributed by atoms with Gasteiger partial charge in [0.2, 0.25) is 5.76 Å². The van der Waals surface area contributed by atoms with Crippen LogP contribution < -0.4 is 14.9 Å². The van der Waals surface area contributed by atoms with Crippen LogP contribution in [0.4, 0.5) is 0 Å². The molecule has 5 rings (SSSR count). The molecule has 1 amide bonds. The van der Waals surface area contributed by atoms with Gasteiger partial charge in [-0.1, -0.05) is 60.0 Å². The minimum atomic E-state index is -0.608. The number of fused-ring (bicyclic) bond motifs is 2. The van der Waals surface area contributed by atoms with E-state index in [4.69, 9.17) is 13.9 Å². The number of carbonyl (C=O) groups is 1. The molecule has 0 saturated carbocycles. The highest BCUT2D eigenvalue weighted by atomic mass is 79.9. The average molecular weight is 562 g/mol. The Morgan fingerprint density at radius 2 is 1.78 bits per heavy atom. The van der Waals surface area contributed by atoms with Crippen molar-refractivity contribution in [2.45, 2.75) is 38.8 Å². The minimum absolute atomic E-state index is 0.0904. The number of ether oxygens (including phenoxy) is 2. The second kappa shape index (κ2) is 10.8. The Kier molecular flexibility index (Phi) is 7.33. The van der Waals surface area contributed by atoms with Crippen LogP contribution in [0.15, 0.2) is 80.4 Å². The third kappa shape index (κ3) is 5.01. The number of amides is 1. The highest BCUT2D eigenvalue weighted by molar-refractivity contribution is 9.10. The number of halogens is 1. The lowest BCUT2D eigenvalue weighted by molar-refractivity contribution is 0.0714. The first kappa shape index (κ1) is 25.1. The summed E-state index contributed by atoms with van der Waals surface area (Å²) in [5.74, 6) is 1.23. The molecule has 1 aromatic heterocycles. The lowest BCUT2D eigenvalue weighted by atomic mass is 9.98. The quantitative estimate of drug-likeness (QED) is 0.208. The maximum absolute atomic E-state index is 13.8. The van der Waals surface area contributed by atoms with Crippen LogP contribution in [-0.4, -0.2) is 24.5 Å². The lowest BCUT2D eigenvalue weighted by Crippen LogP contribution is -2.29. The van der Waals surface area contributed by atoms with E-state index in [1.807, 2.05) is 48.5 Å². The summed E-state index contributed by atoms with van der Waals surface area (Å²) in [5.41, 5.74) is 2.25. The van der Waals surface area contributed by atoms with Crippen LogP contribution in [0, 0.1) is 0 Å². The van der Waals surface area contributed by atoms with Crippen molar-refractivity contribution in [3.05, 3.63) is 104 Å². The number of rotatable bonds is 9. The Balaban J connectivity index is 1.60. The van der Waals surface area contributed by atoms with Gasteiger partial charge in [0.05, 0.1) is 30.7 Å². The second-order valence-electron chi connectivity index (χ2n) is 9.13. The van der Waals surface area contributed by atoms with E-state index in [1.54, 1.807) is 30.2 Å². The summed E-state index contributed by atoms with van der Waals surface area (Å²) in [4.78, 5) is 29.2. The molecule has 0 saturated heterocycles. The molecule has 0 bridgehead atoms. The van der Waals surface area contributed by atoms with Crippen molar-refractivity contribution in [2.24, 2.45) is 0 Å². The second-order valence-corrected chi connectivity index (χ2v) is 10.0. The zero-order valence-corrected chi connectivity index (χ0v) is 22.4. The van der Waals surface area contributed by atoms with Crippen molar-refractivity contribution >= 4 is 32.8 Å². The summed E-state index contributed by atoms with van der Waals surface area (Å²) in [6, 6.07) is 19.8. The highest BCUT2D eigenvalue weighted by Gasteiger charge is 2.42. The highest BCUT2D eigenvalue weighted by Crippen LogP contribution is 2.40. The third-order valence-corrected chi connectivity index (χ3v) is 7.12.